The molecule has 0 radical (unpaired) electrons. The maximum Gasteiger partial charge on any atom is 0.328 e. The van der Waals surface area contributed by atoms with Gasteiger partial charge in [0, 0.05) is 27.3 Å². The Labute approximate surface area is 316 Å². The number of nitrogens with zero attached hydrogens (tertiary/aromatic N) is 4. The molecule has 15 heteroatoms. The number of thiazole rings is 1. The molecule has 4 aromatic rings. The number of nitrogens with one attached hydrogen (secondary N) is 1. The fraction of sp³-hybridized carbons (Fsp3) is 0.351. The number of carbonyl (C=O) groups is 2. The molecule has 0 unspecified atom stereocenters. The Hall–Kier alpha value is -4.70. The van der Waals surface area contributed by atoms with Crippen LogP contribution < -0.4 is 27.3 Å². The van der Waals surface area contributed by atoms with Crippen LogP contribution in [0, 0.1) is 23.8 Å². The van der Waals surface area contributed by atoms with Gasteiger partial charge in [-0.15, -0.1) is 11.3 Å². The first-order valence-corrected chi connectivity index (χ1v) is 18.9. The molecule has 12 nitrogen and oxygen atoms in total. The minimum atomic E-state index is -0.831. The Morgan fingerprint density at radius 3 is 2.46 bits per heavy atom. The average Bonchev–Trinajstić information content (AvgIpc) is 3.61. The van der Waals surface area contributed by atoms with Gasteiger partial charge in [0.15, 0.2) is 0 Å². The van der Waals surface area contributed by atoms with Gasteiger partial charge in [-0.3, -0.25) is 4.79 Å². The van der Waals surface area contributed by atoms with Gasteiger partial charge in [-0.25, -0.2) is 19.6 Å². The van der Waals surface area contributed by atoms with Crippen molar-refractivity contribution in [1.82, 2.24) is 15.3 Å². The van der Waals surface area contributed by atoms with Gasteiger partial charge < -0.3 is 32.0 Å². The van der Waals surface area contributed by atoms with E-state index >= 15 is 0 Å². The van der Waals surface area contributed by atoms with Gasteiger partial charge in [-0.1, -0.05) is 67.9 Å². The zero-order valence-corrected chi connectivity index (χ0v) is 31.3. The number of unbranched alkanes of at least 4 members (excludes halogenated alkanes) is 1. The molecular formula is C37H41ClN8O4S2. The lowest BCUT2D eigenvalue weighted by atomic mass is 10.00. The van der Waals surface area contributed by atoms with E-state index in [-0.39, 0.29) is 36.2 Å². The number of benzene rings is 2. The predicted octanol–water partition coefficient (Wildman–Crippen LogP) is 6.73. The van der Waals surface area contributed by atoms with Crippen LogP contribution in [0.25, 0.3) is 26.5 Å². The molecule has 52 heavy (non-hydrogen) atoms. The Balaban J connectivity index is 1.38. The summed E-state index contributed by atoms with van der Waals surface area (Å²) >= 11 is 8.84. The summed E-state index contributed by atoms with van der Waals surface area (Å²) in [6.45, 7) is 12.2. The van der Waals surface area contributed by atoms with Crippen molar-refractivity contribution in [3.8, 4) is 33.5 Å². The van der Waals surface area contributed by atoms with Crippen LogP contribution in [-0.2, 0) is 20.1 Å². The van der Waals surface area contributed by atoms with Gasteiger partial charge in [-0.05, 0) is 61.6 Å². The molecule has 0 spiro atoms. The number of nitrogen functional groups attached to an aromatic ring is 1. The third-order valence-electron chi connectivity index (χ3n) is 7.74. The summed E-state index contributed by atoms with van der Waals surface area (Å²) in [4.78, 5) is 38.2. The molecule has 2 aromatic carbocycles. The van der Waals surface area contributed by atoms with E-state index in [9.17, 15) is 14.9 Å². The Bertz CT molecular complexity index is 1910. The molecule has 2 atom stereocenters. The number of nitrogens with two attached hydrogens (primary N) is 3. The number of esters is 1. The molecule has 272 valence electrons. The molecule has 4 rings (SSSR count). The molecule has 0 fully saturated rings. The quantitative estimate of drug-likeness (QED) is 0.0363. The number of aromatic nitrogens is 2. The van der Waals surface area contributed by atoms with E-state index < -0.39 is 24.0 Å². The SMILES string of the molecule is [C-]#[N+]c1c(N)nc(SCc2csc(-c3ccc(Cl)cc3)n2)c(C#N)c1-c1ccc(OCCOC(=O)[C@H](CC(C)C)NC(=O)[C@@H](N)CCCCN)cc1. The van der Waals surface area contributed by atoms with Crippen molar-refractivity contribution in [2.75, 3.05) is 25.5 Å². The van der Waals surface area contributed by atoms with E-state index in [0.29, 0.717) is 52.1 Å². The molecule has 0 bridgehead atoms. The number of amides is 1. The smallest absolute Gasteiger partial charge is 0.328 e. The second kappa shape index (κ2) is 19.8. The van der Waals surface area contributed by atoms with Crippen LogP contribution >= 0.6 is 34.7 Å². The van der Waals surface area contributed by atoms with Gasteiger partial charge in [0.2, 0.25) is 11.6 Å². The first-order chi connectivity index (χ1) is 25.0. The Kier molecular flexibility index (Phi) is 15.2. The molecule has 7 N–H and O–H groups in total. The average molecular weight is 761 g/mol. The molecule has 0 aliphatic rings. The topological polar surface area (TPSA) is 197 Å². The molecule has 0 saturated carbocycles. The highest BCUT2D eigenvalue weighted by atomic mass is 35.5. The van der Waals surface area contributed by atoms with Crippen LogP contribution in [0.15, 0.2) is 58.9 Å². The highest BCUT2D eigenvalue weighted by Gasteiger charge is 2.26. The van der Waals surface area contributed by atoms with Crippen LogP contribution in [-0.4, -0.2) is 53.7 Å². The summed E-state index contributed by atoms with van der Waals surface area (Å²) in [6.07, 6.45) is 2.37. The van der Waals surface area contributed by atoms with Crippen molar-refractivity contribution in [2.24, 2.45) is 17.4 Å². The highest BCUT2D eigenvalue weighted by molar-refractivity contribution is 7.98. The minimum Gasteiger partial charge on any atom is -0.490 e. The van der Waals surface area contributed by atoms with Gasteiger partial charge in [-0.2, -0.15) is 5.26 Å². The highest BCUT2D eigenvalue weighted by Crippen LogP contribution is 2.42. The van der Waals surface area contributed by atoms with E-state index in [1.54, 1.807) is 24.3 Å². The molecule has 2 heterocycles. The van der Waals surface area contributed by atoms with Crippen LogP contribution in [0.5, 0.6) is 5.75 Å². The van der Waals surface area contributed by atoms with E-state index in [4.69, 9.17) is 49.8 Å². The first kappa shape index (κ1) is 40.1. The third kappa shape index (κ3) is 11.1. The van der Waals surface area contributed by atoms with Crippen molar-refractivity contribution in [2.45, 2.75) is 62.4 Å². The van der Waals surface area contributed by atoms with Gasteiger partial charge in [0.25, 0.3) is 0 Å². The zero-order valence-electron chi connectivity index (χ0n) is 28.9. The van der Waals surface area contributed by atoms with Crippen molar-refractivity contribution in [3.63, 3.8) is 0 Å². The normalized spacial score (nSPS) is 12.1. The summed E-state index contributed by atoms with van der Waals surface area (Å²) < 4.78 is 11.2. The number of ether oxygens (including phenoxy) is 2. The number of hydrogen-bond acceptors (Lipinski definition) is 12. The lowest BCUT2D eigenvalue weighted by Gasteiger charge is -2.21. The van der Waals surface area contributed by atoms with Crippen molar-refractivity contribution in [1.29, 1.82) is 5.26 Å². The van der Waals surface area contributed by atoms with Crippen LogP contribution in [0.2, 0.25) is 5.02 Å². The summed E-state index contributed by atoms with van der Waals surface area (Å²) in [5, 5.41) is 16.8. The number of pyridine rings is 1. The Morgan fingerprint density at radius 1 is 1.10 bits per heavy atom. The third-order valence-corrected chi connectivity index (χ3v) is 9.94. The second-order valence-electron chi connectivity index (χ2n) is 12.2. The fourth-order valence-electron chi connectivity index (χ4n) is 5.14. The molecule has 0 aliphatic heterocycles. The number of carbonyl (C=O) groups excluding carboxylic acids is 2. The standard InChI is InChI=1S/C37H41ClN8O4S2/c1-22(2)18-30(45-34(47)29(41)6-4-5-15-39)37(48)50-17-16-49-27-13-9-23(10-14-27)31-28(19-40)36(46-33(42)32(31)43-3)52-21-26-20-51-35(44-26)24-7-11-25(38)12-8-24/h7-14,20,22,29-30H,4-6,15-18,21,39,41H2,1-2H3,(H2,42,46)(H,45,47)/t29-,30-/m0/s1. The summed E-state index contributed by atoms with van der Waals surface area (Å²) in [7, 11) is 0. The lowest BCUT2D eigenvalue weighted by molar-refractivity contribution is -0.149. The summed E-state index contributed by atoms with van der Waals surface area (Å²) in [5.74, 6) is 0.105. The van der Waals surface area contributed by atoms with Crippen LogP contribution in [0.1, 0.15) is 50.8 Å². The minimum absolute atomic E-state index is 0.0225. The molecule has 0 aliphatic carbocycles. The van der Waals surface area contributed by atoms with Crippen molar-refractivity contribution in [3.05, 3.63) is 81.6 Å². The van der Waals surface area contributed by atoms with E-state index in [0.717, 1.165) is 29.1 Å². The van der Waals surface area contributed by atoms with Crippen molar-refractivity contribution >= 4 is 58.1 Å². The monoisotopic (exact) mass is 760 g/mol. The molecular weight excluding hydrogens is 720 g/mol. The zero-order chi connectivity index (χ0) is 37.6. The first-order valence-electron chi connectivity index (χ1n) is 16.6. The predicted molar refractivity (Wildman–Crippen MR) is 206 cm³/mol. The van der Waals surface area contributed by atoms with E-state index in [1.165, 1.54) is 23.1 Å². The lowest BCUT2D eigenvalue weighted by Crippen LogP contribution is -2.49. The van der Waals surface area contributed by atoms with Crippen molar-refractivity contribution < 1.29 is 19.1 Å². The van der Waals surface area contributed by atoms with Gasteiger partial charge >= 0.3 is 5.97 Å². The number of anilines is 1. The maximum atomic E-state index is 12.9. The molecule has 0 saturated heterocycles. The van der Waals surface area contributed by atoms with Crippen LogP contribution in [0.4, 0.5) is 11.5 Å². The fourth-order valence-corrected chi connectivity index (χ4v) is 7.08. The number of rotatable bonds is 18. The van der Waals surface area contributed by atoms with E-state index in [1.807, 2.05) is 43.5 Å². The number of nitriles is 1. The number of halogens is 1. The second-order valence-corrected chi connectivity index (χ2v) is 14.4. The number of thioether (sulfide) groups is 1. The number of hydrogen-bond donors (Lipinski definition) is 4. The summed E-state index contributed by atoms with van der Waals surface area (Å²) in [6, 6.07) is 14.9. The Morgan fingerprint density at radius 2 is 1.81 bits per heavy atom. The van der Waals surface area contributed by atoms with Crippen LogP contribution in [0.3, 0.4) is 0 Å². The van der Waals surface area contributed by atoms with E-state index in [2.05, 4.69) is 21.2 Å². The largest absolute Gasteiger partial charge is 0.490 e. The molecule has 1 amide bonds. The molecule has 2 aromatic heterocycles. The maximum absolute atomic E-state index is 12.9. The van der Waals surface area contributed by atoms with Gasteiger partial charge in [0.1, 0.15) is 46.9 Å². The summed E-state index contributed by atoms with van der Waals surface area (Å²) in [5.41, 5.74) is 20.8. The van der Waals surface area contributed by atoms with Gasteiger partial charge in [0.05, 0.1) is 23.9 Å².